The molecule has 2 N–H and O–H groups in total. The number of benzene rings is 1. The largest absolute Gasteiger partial charge is 0.367 e. The molecule has 1 aliphatic rings. The number of hydrogen-bond acceptors (Lipinski definition) is 4. The van der Waals surface area contributed by atoms with E-state index in [2.05, 4.69) is 0 Å². The van der Waals surface area contributed by atoms with E-state index in [1.807, 2.05) is 0 Å². The number of aliphatic hydroxyl groups excluding tert-OH is 1. The third-order valence-corrected chi connectivity index (χ3v) is 2.92. The number of amides is 2. The van der Waals surface area contributed by atoms with E-state index in [1.165, 1.54) is 0 Å². The second kappa shape index (κ2) is 4.44. The maximum atomic E-state index is 11.8. The average Bonchev–Trinajstić information content (AvgIpc) is 2.55. The molecule has 90 valence electrons. The standard InChI is InChI=1S/C11H10ClNO4/c12-8(11(16)17)5-13-9(14)6-3-1-2-4-7(6)10(13)15/h1-4,8,11,16-17H,5H2. The summed E-state index contributed by atoms with van der Waals surface area (Å²) in [6, 6.07) is 6.42. The Morgan fingerprint density at radius 3 is 2.00 bits per heavy atom. The van der Waals surface area contributed by atoms with Gasteiger partial charge >= 0.3 is 0 Å². The SMILES string of the molecule is O=C1c2ccccc2C(=O)N1CC(Cl)C(O)O. The summed E-state index contributed by atoms with van der Waals surface area (Å²) in [7, 11) is 0. The van der Waals surface area contributed by atoms with Crippen LogP contribution in [0.2, 0.25) is 0 Å². The number of fused-ring (bicyclic) bond motifs is 1. The Morgan fingerprint density at radius 1 is 1.12 bits per heavy atom. The molecule has 1 aromatic carbocycles. The van der Waals surface area contributed by atoms with E-state index in [4.69, 9.17) is 21.8 Å². The van der Waals surface area contributed by atoms with Gasteiger partial charge in [0.2, 0.25) is 0 Å². The van der Waals surface area contributed by atoms with Crippen LogP contribution in [0.4, 0.5) is 0 Å². The number of nitrogens with zero attached hydrogens (tertiary/aromatic N) is 1. The van der Waals surface area contributed by atoms with Crippen molar-refractivity contribution in [3.8, 4) is 0 Å². The summed E-state index contributed by atoms with van der Waals surface area (Å²) in [5.41, 5.74) is 0.627. The molecule has 0 saturated heterocycles. The third-order valence-electron chi connectivity index (χ3n) is 2.56. The van der Waals surface area contributed by atoms with Crippen molar-refractivity contribution in [3.63, 3.8) is 0 Å². The normalized spacial score (nSPS) is 16.6. The van der Waals surface area contributed by atoms with Crippen LogP contribution in [-0.2, 0) is 0 Å². The van der Waals surface area contributed by atoms with Crippen LogP contribution in [0.3, 0.4) is 0 Å². The minimum atomic E-state index is -1.78. The number of hydrogen-bond donors (Lipinski definition) is 2. The summed E-state index contributed by atoms with van der Waals surface area (Å²) in [6.45, 7) is -0.231. The summed E-state index contributed by atoms with van der Waals surface area (Å²) < 4.78 is 0. The first-order valence-electron chi connectivity index (χ1n) is 4.98. The first-order valence-corrected chi connectivity index (χ1v) is 5.41. The van der Waals surface area contributed by atoms with E-state index in [0.29, 0.717) is 11.1 Å². The highest BCUT2D eigenvalue weighted by atomic mass is 35.5. The number of alkyl halides is 1. The van der Waals surface area contributed by atoms with Crippen molar-refractivity contribution in [2.24, 2.45) is 0 Å². The monoisotopic (exact) mass is 255 g/mol. The number of aliphatic hydroxyl groups is 2. The van der Waals surface area contributed by atoms with E-state index in [9.17, 15) is 9.59 Å². The molecule has 2 rings (SSSR count). The topological polar surface area (TPSA) is 77.8 Å². The molecule has 5 nitrogen and oxygen atoms in total. The van der Waals surface area contributed by atoms with Crippen LogP contribution in [0.15, 0.2) is 24.3 Å². The molecule has 0 aromatic heterocycles. The fourth-order valence-electron chi connectivity index (χ4n) is 1.67. The van der Waals surface area contributed by atoms with Gasteiger partial charge < -0.3 is 10.2 Å². The number of imide groups is 1. The van der Waals surface area contributed by atoms with Crippen LogP contribution < -0.4 is 0 Å². The molecule has 1 aliphatic heterocycles. The third kappa shape index (κ3) is 2.04. The number of carbonyl (C=O) groups excluding carboxylic acids is 2. The minimum Gasteiger partial charge on any atom is -0.367 e. The fraction of sp³-hybridized carbons (Fsp3) is 0.273. The van der Waals surface area contributed by atoms with Gasteiger partial charge in [-0.05, 0) is 12.1 Å². The lowest BCUT2D eigenvalue weighted by Gasteiger charge is -2.18. The predicted molar refractivity (Wildman–Crippen MR) is 59.7 cm³/mol. The summed E-state index contributed by atoms with van der Waals surface area (Å²) in [6.07, 6.45) is -1.78. The molecule has 0 aliphatic carbocycles. The Labute approximate surface area is 102 Å². The van der Waals surface area contributed by atoms with Crippen molar-refractivity contribution in [1.82, 2.24) is 4.90 Å². The zero-order chi connectivity index (χ0) is 12.6. The van der Waals surface area contributed by atoms with E-state index in [-0.39, 0.29) is 6.54 Å². The summed E-state index contributed by atoms with van der Waals surface area (Å²) in [5.74, 6) is -0.922. The van der Waals surface area contributed by atoms with E-state index in [0.717, 1.165) is 4.90 Å². The Kier molecular flexibility index (Phi) is 3.15. The summed E-state index contributed by atoms with van der Waals surface area (Å²) >= 11 is 5.62. The maximum absolute atomic E-state index is 11.8. The molecule has 0 saturated carbocycles. The smallest absolute Gasteiger partial charge is 0.261 e. The van der Waals surface area contributed by atoms with Crippen LogP contribution >= 0.6 is 11.6 Å². The molecule has 1 atom stereocenters. The zero-order valence-electron chi connectivity index (χ0n) is 8.71. The Bertz CT molecular complexity index is 439. The molecule has 1 heterocycles. The Morgan fingerprint density at radius 2 is 1.59 bits per heavy atom. The fourth-order valence-corrected chi connectivity index (χ4v) is 1.81. The Hall–Kier alpha value is -1.43. The highest BCUT2D eigenvalue weighted by Gasteiger charge is 2.36. The quantitative estimate of drug-likeness (QED) is 0.460. The van der Waals surface area contributed by atoms with Crippen LogP contribution in [0, 0.1) is 0 Å². The molecule has 0 radical (unpaired) electrons. The van der Waals surface area contributed by atoms with E-state index < -0.39 is 23.5 Å². The summed E-state index contributed by atoms with van der Waals surface area (Å²) in [5, 5.41) is 16.6. The van der Waals surface area contributed by atoms with Crippen molar-refractivity contribution in [3.05, 3.63) is 35.4 Å². The Balaban J connectivity index is 2.25. The first-order chi connectivity index (χ1) is 8.02. The van der Waals surface area contributed by atoms with Crippen LogP contribution in [-0.4, -0.2) is 45.1 Å². The predicted octanol–water partition coefficient (Wildman–Crippen LogP) is 0.201. The van der Waals surface area contributed by atoms with Crippen LogP contribution in [0.5, 0.6) is 0 Å². The lowest BCUT2D eigenvalue weighted by Crippen LogP contribution is -2.39. The first kappa shape index (κ1) is 12.0. The molecule has 0 spiro atoms. The average molecular weight is 256 g/mol. The number of halogens is 1. The zero-order valence-corrected chi connectivity index (χ0v) is 9.46. The highest BCUT2D eigenvalue weighted by molar-refractivity contribution is 6.24. The van der Waals surface area contributed by atoms with Gasteiger partial charge in [-0.25, -0.2) is 0 Å². The van der Waals surface area contributed by atoms with Gasteiger partial charge in [-0.2, -0.15) is 0 Å². The van der Waals surface area contributed by atoms with E-state index in [1.54, 1.807) is 24.3 Å². The molecule has 1 aromatic rings. The maximum Gasteiger partial charge on any atom is 0.261 e. The van der Waals surface area contributed by atoms with Gasteiger partial charge in [0.05, 0.1) is 17.7 Å². The van der Waals surface area contributed by atoms with Crippen molar-refractivity contribution < 1.29 is 19.8 Å². The van der Waals surface area contributed by atoms with Crippen LogP contribution in [0.25, 0.3) is 0 Å². The molecule has 6 heteroatoms. The van der Waals surface area contributed by atoms with Gasteiger partial charge in [-0.3, -0.25) is 14.5 Å². The minimum absolute atomic E-state index is 0.231. The lowest BCUT2D eigenvalue weighted by atomic mass is 10.1. The molecular formula is C11H10ClNO4. The van der Waals surface area contributed by atoms with Gasteiger partial charge in [0.15, 0.2) is 6.29 Å². The van der Waals surface area contributed by atoms with Crippen molar-refractivity contribution >= 4 is 23.4 Å². The molecular weight excluding hydrogens is 246 g/mol. The number of rotatable bonds is 3. The second-order valence-corrected chi connectivity index (χ2v) is 4.26. The van der Waals surface area contributed by atoms with Gasteiger partial charge in [-0.1, -0.05) is 12.1 Å². The van der Waals surface area contributed by atoms with Crippen molar-refractivity contribution in [2.75, 3.05) is 6.54 Å². The molecule has 1 unspecified atom stereocenters. The number of carbonyl (C=O) groups is 2. The van der Waals surface area contributed by atoms with Gasteiger partial charge in [-0.15, -0.1) is 11.6 Å². The van der Waals surface area contributed by atoms with Gasteiger partial charge in [0, 0.05) is 0 Å². The summed E-state index contributed by atoms with van der Waals surface area (Å²) in [4.78, 5) is 24.6. The molecule has 0 bridgehead atoms. The van der Waals surface area contributed by atoms with Crippen molar-refractivity contribution in [2.45, 2.75) is 11.7 Å². The highest BCUT2D eigenvalue weighted by Crippen LogP contribution is 2.23. The van der Waals surface area contributed by atoms with Crippen molar-refractivity contribution in [1.29, 1.82) is 0 Å². The van der Waals surface area contributed by atoms with Crippen LogP contribution in [0.1, 0.15) is 20.7 Å². The molecule has 17 heavy (non-hydrogen) atoms. The second-order valence-electron chi connectivity index (χ2n) is 3.70. The van der Waals surface area contributed by atoms with Gasteiger partial charge in [0.25, 0.3) is 11.8 Å². The molecule has 0 fully saturated rings. The lowest BCUT2D eigenvalue weighted by molar-refractivity contribution is -0.0443. The molecule has 2 amide bonds. The van der Waals surface area contributed by atoms with E-state index >= 15 is 0 Å². The van der Waals surface area contributed by atoms with Gasteiger partial charge in [0.1, 0.15) is 5.38 Å².